The molecule has 1 fully saturated rings. The van der Waals surface area contributed by atoms with Gasteiger partial charge in [0.15, 0.2) is 0 Å². The third-order valence-corrected chi connectivity index (χ3v) is 7.74. The predicted molar refractivity (Wildman–Crippen MR) is 143 cm³/mol. The Morgan fingerprint density at radius 2 is 1.67 bits per heavy atom. The molecule has 1 saturated heterocycles. The number of ether oxygens (including phenoxy) is 1. The van der Waals surface area contributed by atoms with E-state index >= 15 is 0 Å². The average Bonchev–Trinajstić information content (AvgIpc) is 2.86. The van der Waals surface area contributed by atoms with Crippen LogP contribution in [0, 0.1) is 5.92 Å². The monoisotopic (exact) mass is 527 g/mol. The lowest BCUT2D eigenvalue weighted by atomic mass is 9.95. The van der Waals surface area contributed by atoms with Crippen LogP contribution in [0.5, 0.6) is 5.75 Å². The minimum absolute atomic E-state index is 0.0412. The second kappa shape index (κ2) is 11.8. The van der Waals surface area contributed by atoms with E-state index in [9.17, 15) is 13.2 Å². The van der Waals surface area contributed by atoms with Crippen LogP contribution >= 0.6 is 11.6 Å². The zero-order valence-corrected chi connectivity index (χ0v) is 21.7. The maximum atomic E-state index is 12.8. The lowest BCUT2D eigenvalue weighted by Gasteiger charge is -2.31. The van der Waals surface area contributed by atoms with Crippen LogP contribution in [0.1, 0.15) is 25.3 Å². The van der Waals surface area contributed by atoms with Crippen molar-refractivity contribution in [3.8, 4) is 5.75 Å². The topological polar surface area (TPSA) is 87.7 Å². The van der Waals surface area contributed by atoms with Gasteiger partial charge in [0.25, 0.3) is 10.0 Å². The molecule has 3 aromatic carbocycles. The van der Waals surface area contributed by atoms with Gasteiger partial charge in [0.1, 0.15) is 5.75 Å². The number of hydrogen-bond acceptors (Lipinski definition) is 5. The Balaban J connectivity index is 1.28. The number of amides is 1. The van der Waals surface area contributed by atoms with Crippen LogP contribution in [0.2, 0.25) is 5.02 Å². The molecule has 1 amide bonds. The largest absolute Gasteiger partial charge is 0.494 e. The van der Waals surface area contributed by atoms with Crippen molar-refractivity contribution in [1.29, 1.82) is 0 Å². The number of sulfonamides is 1. The molecule has 0 bridgehead atoms. The van der Waals surface area contributed by atoms with Crippen LogP contribution < -0.4 is 14.8 Å². The third kappa shape index (κ3) is 7.00. The first kappa shape index (κ1) is 26.0. The zero-order valence-electron chi connectivity index (χ0n) is 20.1. The second-order valence-corrected chi connectivity index (χ2v) is 10.9. The Labute approximate surface area is 217 Å². The normalized spacial score (nSPS) is 14.8. The fourth-order valence-corrected chi connectivity index (χ4v) is 5.48. The molecule has 4 rings (SSSR count). The number of benzene rings is 3. The van der Waals surface area contributed by atoms with E-state index in [2.05, 4.69) is 21.0 Å². The van der Waals surface area contributed by atoms with Crippen LogP contribution in [0.4, 0.5) is 11.4 Å². The van der Waals surface area contributed by atoms with Crippen molar-refractivity contribution in [2.24, 2.45) is 5.92 Å². The molecule has 9 heteroatoms. The number of carbonyl (C=O) groups excluding carboxylic acids is 1. The number of nitrogens with zero attached hydrogens (tertiary/aromatic N) is 1. The van der Waals surface area contributed by atoms with Crippen molar-refractivity contribution in [2.45, 2.75) is 31.2 Å². The molecular weight excluding hydrogens is 498 g/mol. The van der Waals surface area contributed by atoms with E-state index in [4.69, 9.17) is 16.3 Å². The highest BCUT2D eigenvalue weighted by molar-refractivity contribution is 7.92. The van der Waals surface area contributed by atoms with E-state index in [0.717, 1.165) is 43.1 Å². The fraction of sp³-hybridized carbons (Fsp3) is 0.296. The Kier molecular flexibility index (Phi) is 8.51. The van der Waals surface area contributed by atoms with Crippen molar-refractivity contribution in [3.05, 3.63) is 83.4 Å². The average molecular weight is 528 g/mol. The summed E-state index contributed by atoms with van der Waals surface area (Å²) in [6.45, 7) is 4.90. The number of halogens is 1. The molecule has 190 valence electrons. The summed E-state index contributed by atoms with van der Waals surface area (Å²) in [5.41, 5.74) is 2.18. The summed E-state index contributed by atoms with van der Waals surface area (Å²) in [4.78, 5) is 15.2. The minimum Gasteiger partial charge on any atom is -0.494 e. The van der Waals surface area contributed by atoms with Gasteiger partial charge < -0.3 is 10.1 Å². The predicted octanol–water partition coefficient (Wildman–Crippen LogP) is 5.39. The van der Waals surface area contributed by atoms with Gasteiger partial charge in [0.05, 0.1) is 11.5 Å². The van der Waals surface area contributed by atoms with Crippen LogP contribution in [-0.2, 0) is 21.4 Å². The first-order chi connectivity index (χ1) is 17.3. The molecule has 1 aliphatic rings. The lowest BCUT2D eigenvalue weighted by molar-refractivity contribution is -0.121. The number of nitrogens with one attached hydrogen (secondary N) is 2. The quantitative estimate of drug-likeness (QED) is 0.389. The highest BCUT2D eigenvalue weighted by atomic mass is 35.5. The van der Waals surface area contributed by atoms with Crippen molar-refractivity contribution in [2.75, 3.05) is 29.7 Å². The molecule has 2 N–H and O–H groups in total. The van der Waals surface area contributed by atoms with Gasteiger partial charge in [-0.25, -0.2) is 8.42 Å². The van der Waals surface area contributed by atoms with E-state index in [0.29, 0.717) is 23.7 Å². The highest BCUT2D eigenvalue weighted by Gasteiger charge is 2.25. The Hall–Kier alpha value is -3.07. The molecular formula is C27H30ClN3O4S. The van der Waals surface area contributed by atoms with E-state index in [-0.39, 0.29) is 16.7 Å². The number of piperidine rings is 1. The minimum atomic E-state index is -3.76. The van der Waals surface area contributed by atoms with E-state index in [1.165, 1.54) is 12.1 Å². The summed E-state index contributed by atoms with van der Waals surface area (Å²) >= 11 is 6.08. The highest BCUT2D eigenvalue weighted by Crippen LogP contribution is 2.24. The molecule has 36 heavy (non-hydrogen) atoms. The molecule has 0 radical (unpaired) electrons. The summed E-state index contributed by atoms with van der Waals surface area (Å²) in [5, 5.41) is 3.66. The summed E-state index contributed by atoms with van der Waals surface area (Å²) in [6, 6.07) is 20.8. The van der Waals surface area contributed by atoms with Gasteiger partial charge in [-0.3, -0.25) is 14.4 Å². The van der Waals surface area contributed by atoms with Gasteiger partial charge in [-0.2, -0.15) is 0 Å². The first-order valence-electron chi connectivity index (χ1n) is 12.0. The number of carbonyl (C=O) groups is 1. The summed E-state index contributed by atoms with van der Waals surface area (Å²) in [5.74, 6) is 0.554. The Morgan fingerprint density at radius 3 is 2.31 bits per heavy atom. The summed E-state index contributed by atoms with van der Waals surface area (Å²) < 4.78 is 33.4. The Morgan fingerprint density at radius 1 is 1.00 bits per heavy atom. The van der Waals surface area contributed by atoms with Crippen LogP contribution in [-0.4, -0.2) is 38.9 Å². The van der Waals surface area contributed by atoms with Gasteiger partial charge in [0.2, 0.25) is 5.91 Å². The summed E-state index contributed by atoms with van der Waals surface area (Å²) in [6.07, 6.45) is 1.54. The van der Waals surface area contributed by atoms with Gasteiger partial charge in [0, 0.05) is 28.9 Å². The second-order valence-electron chi connectivity index (χ2n) is 8.76. The van der Waals surface area contributed by atoms with Crippen molar-refractivity contribution in [1.82, 2.24) is 4.90 Å². The number of likely N-dealkylation sites (tertiary alicyclic amines) is 1. The molecule has 0 aromatic heterocycles. The van der Waals surface area contributed by atoms with Gasteiger partial charge in [-0.1, -0.05) is 23.7 Å². The first-order valence-corrected chi connectivity index (χ1v) is 13.8. The van der Waals surface area contributed by atoms with Crippen LogP contribution in [0.25, 0.3) is 0 Å². The summed E-state index contributed by atoms with van der Waals surface area (Å²) in [7, 11) is -3.76. The third-order valence-electron chi connectivity index (χ3n) is 6.10. The number of rotatable bonds is 9. The molecule has 0 aliphatic carbocycles. The molecule has 0 unspecified atom stereocenters. The molecule has 1 aliphatic heterocycles. The van der Waals surface area contributed by atoms with Gasteiger partial charge in [-0.05, 0) is 99.1 Å². The molecule has 7 nitrogen and oxygen atoms in total. The molecule has 3 aromatic rings. The van der Waals surface area contributed by atoms with Crippen molar-refractivity contribution < 1.29 is 17.9 Å². The molecule has 0 atom stereocenters. The SMILES string of the molecule is CCOc1ccc(NS(=O)(=O)c2ccc(NC(=O)C3CCN(Cc4cccc(Cl)c4)CC3)cc2)cc1. The number of anilines is 2. The van der Waals surface area contributed by atoms with Crippen LogP contribution in [0.3, 0.4) is 0 Å². The van der Waals surface area contributed by atoms with Crippen LogP contribution in [0.15, 0.2) is 77.7 Å². The van der Waals surface area contributed by atoms with Crippen molar-refractivity contribution in [3.63, 3.8) is 0 Å². The lowest BCUT2D eigenvalue weighted by Crippen LogP contribution is -2.37. The molecule has 0 saturated carbocycles. The maximum Gasteiger partial charge on any atom is 0.261 e. The van der Waals surface area contributed by atoms with E-state index in [1.807, 2.05) is 25.1 Å². The number of hydrogen-bond donors (Lipinski definition) is 2. The standard InChI is InChI=1S/C27H30ClN3O4S/c1-2-35-25-10-6-24(7-11-25)30-36(33,34)26-12-8-23(9-13-26)29-27(32)21-14-16-31(17-15-21)19-20-4-3-5-22(28)18-20/h3-13,18,21,30H,2,14-17,19H2,1H3,(H,29,32). The van der Waals surface area contributed by atoms with Crippen molar-refractivity contribution >= 4 is 38.9 Å². The fourth-order valence-electron chi connectivity index (χ4n) is 4.21. The molecule has 0 spiro atoms. The van der Waals surface area contributed by atoms with E-state index < -0.39 is 10.0 Å². The maximum absolute atomic E-state index is 12.8. The van der Waals surface area contributed by atoms with E-state index in [1.54, 1.807) is 36.4 Å². The van der Waals surface area contributed by atoms with Gasteiger partial charge >= 0.3 is 0 Å². The zero-order chi connectivity index (χ0) is 25.5. The smallest absolute Gasteiger partial charge is 0.261 e. The Bertz CT molecular complexity index is 1270. The van der Waals surface area contributed by atoms with Gasteiger partial charge in [-0.15, -0.1) is 0 Å². The molecule has 1 heterocycles.